The molecule has 0 saturated heterocycles. The third-order valence-corrected chi connectivity index (χ3v) is 3.40. The van der Waals surface area contributed by atoms with Crippen LogP contribution in [0.3, 0.4) is 0 Å². The number of aldehydes is 1. The molecule has 0 heterocycles. The van der Waals surface area contributed by atoms with Crippen molar-refractivity contribution in [3.63, 3.8) is 0 Å². The first-order chi connectivity index (χ1) is 10.3. The Balaban J connectivity index is 2.58. The highest BCUT2D eigenvalue weighted by Gasteiger charge is 2.30. The van der Waals surface area contributed by atoms with E-state index in [2.05, 4.69) is 5.32 Å². The molecular weight excluding hydrogens is 284 g/mol. The van der Waals surface area contributed by atoms with Crippen LogP contribution >= 0.6 is 0 Å². The van der Waals surface area contributed by atoms with Gasteiger partial charge in [-0.1, -0.05) is 26.0 Å². The molecular formula is C16H18N2O4. The normalized spacial score (nSPS) is 12.9. The summed E-state index contributed by atoms with van der Waals surface area (Å²) in [4.78, 5) is 34.1. The summed E-state index contributed by atoms with van der Waals surface area (Å²) in [6.45, 7) is 4.75. The lowest BCUT2D eigenvalue weighted by molar-refractivity contribution is -0.125. The lowest BCUT2D eigenvalue weighted by atomic mass is 9.90. The second kappa shape index (κ2) is 7.36. The van der Waals surface area contributed by atoms with Crippen LogP contribution in [0.4, 0.5) is 0 Å². The summed E-state index contributed by atoms with van der Waals surface area (Å²) in [5, 5.41) is 11.7. The Morgan fingerprint density at radius 3 is 2.41 bits per heavy atom. The van der Waals surface area contributed by atoms with Crippen LogP contribution in [0.15, 0.2) is 24.3 Å². The van der Waals surface area contributed by atoms with Crippen LogP contribution in [0.1, 0.15) is 41.5 Å². The minimum Gasteiger partial charge on any atom is -0.452 e. The fourth-order valence-electron chi connectivity index (χ4n) is 1.54. The molecule has 116 valence electrons. The number of nitriles is 1. The quantitative estimate of drug-likeness (QED) is 0.637. The van der Waals surface area contributed by atoms with Crippen LogP contribution < -0.4 is 5.32 Å². The molecule has 1 aromatic carbocycles. The maximum atomic E-state index is 11.8. The van der Waals surface area contributed by atoms with Crippen LogP contribution in [0.25, 0.3) is 0 Å². The SMILES string of the molecule is CC(C)[C@](C)(C#N)NC(=O)COC(=O)c1ccc(C=O)cc1. The number of carbonyl (C=O) groups excluding carboxylic acids is 3. The predicted molar refractivity (Wildman–Crippen MR) is 79.1 cm³/mol. The van der Waals surface area contributed by atoms with Crippen LogP contribution in [0.5, 0.6) is 0 Å². The van der Waals surface area contributed by atoms with Crippen molar-refractivity contribution in [3.05, 3.63) is 35.4 Å². The van der Waals surface area contributed by atoms with Crippen LogP contribution in [-0.2, 0) is 9.53 Å². The standard InChI is InChI=1S/C16H18N2O4/c1-11(2)16(3,10-17)18-14(20)9-22-15(21)13-6-4-12(8-19)5-7-13/h4-8,11H,9H2,1-3H3,(H,18,20)/t16-/m0/s1. The molecule has 6 heteroatoms. The Morgan fingerprint density at radius 1 is 1.36 bits per heavy atom. The van der Waals surface area contributed by atoms with E-state index in [0.29, 0.717) is 11.8 Å². The Labute approximate surface area is 129 Å². The van der Waals surface area contributed by atoms with Crippen molar-refractivity contribution in [1.82, 2.24) is 5.32 Å². The van der Waals surface area contributed by atoms with Gasteiger partial charge in [-0.3, -0.25) is 9.59 Å². The fraction of sp³-hybridized carbons (Fsp3) is 0.375. The maximum absolute atomic E-state index is 11.8. The molecule has 0 aromatic heterocycles. The van der Waals surface area contributed by atoms with Gasteiger partial charge in [0.25, 0.3) is 5.91 Å². The van der Waals surface area contributed by atoms with Crippen molar-refractivity contribution < 1.29 is 19.1 Å². The molecule has 0 fully saturated rings. The first-order valence-electron chi connectivity index (χ1n) is 6.77. The maximum Gasteiger partial charge on any atom is 0.338 e. The zero-order chi connectivity index (χ0) is 16.8. The molecule has 0 aliphatic rings. The summed E-state index contributed by atoms with van der Waals surface area (Å²) in [7, 11) is 0. The van der Waals surface area contributed by atoms with Crippen LogP contribution in [-0.4, -0.2) is 30.3 Å². The second-order valence-corrected chi connectivity index (χ2v) is 5.33. The highest BCUT2D eigenvalue weighted by Crippen LogP contribution is 2.14. The van der Waals surface area contributed by atoms with Gasteiger partial charge in [0.1, 0.15) is 11.8 Å². The number of benzene rings is 1. The lowest BCUT2D eigenvalue weighted by Gasteiger charge is -2.27. The number of hydrogen-bond donors (Lipinski definition) is 1. The van der Waals surface area contributed by atoms with Crippen molar-refractivity contribution in [2.75, 3.05) is 6.61 Å². The topological polar surface area (TPSA) is 96.3 Å². The van der Waals surface area contributed by atoms with E-state index in [4.69, 9.17) is 10.00 Å². The molecule has 1 rings (SSSR count). The molecule has 0 bridgehead atoms. The van der Waals surface area contributed by atoms with Gasteiger partial charge in [-0.05, 0) is 25.0 Å². The fourth-order valence-corrected chi connectivity index (χ4v) is 1.54. The highest BCUT2D eigenvalue weighted by molar-refractivity contribution is 5.92. The van der Waals surface area contributed by atoms with Gasteiger partial charge in [-0.2, -0.15) is 5.26 Å². The minimum absolute atomic E-state index is 0.0898. The van der Waals surface area contributed by atoms with Gasteiger partial charge in [-0.15, -0.1) is 0 Å². The number of rotatable bonds is 6. The van der Waals surface area contributed by atoms with Crippen molar-refractivity contribution in [3.8, 4) is 6.07 Å². The molecule has 1 aromatic rings. The van der Waals surface area contributed by atoms with Gasteiger partial charge in [0, 0.05) is 5.56 Å². The van der Waals surface area contributed by atoms with Crippen molar-refractivity contribution in [2.24, 2.45) is 5.92 Å². The zero-order valence-corrected chi connectivity index (χ0v) is 12.8. The highest BCUT2D eigenvalue weighted by atomic mass is 16.5. The molecule has 0 radical (unpaired) electrons. The Morgan fingerprint density at radius 2 is 1.95 bits per heavy atom. The van der Waals surface area contributed by atoms with Crippen molar-refractivity contribution in [1.29, 1.82) is 5.26 Å². The lowest BCUT2D eigenvalue weighted by Crippen LogP contribution is -2.50. The molecule has 6 nitrogen and oxygen atoms in total. The van der Waals surface area contributed by atoms with E-state index >= 15 is 0 Å². The molecule has 0 spiro atoms. The van der Waals surface area contributed by atoms with Crippen molar-refractivity contribution in [2.45, 2.75) is 26.3 Å². The smallest absolute Gasteiger partial charge is 0.338 e. The molecule has 0 unspecified atom stereocenters. The first-order valence-corrected chi connectivity index (χ1v) is 6.77. The van der Waals surface area contributed by atoms with E-state index in [9.17, 15) is 14.4 Å². The van der Waals surface area contributed by atoms with Crippen LogP contribution in [0.2, 0.25) is 0 Å². The molecule has 0 saturated carbocycles. The summed E-state index contributed by atoms with van der Waals surface area (Å²) in [6, 6.07) is 7.88. The van der Waals surface area contributed by atoms with E-state index in [-0.39, 0.29) is 11.5 Å². The predicted octanol–water partition coefficient (Wildman–Crippen LogP) is 1.71. The molecule has 0 aliphatic heterocycles. The number of nitrogens with zero attached hydrogens (tertiary/aromatic N) is 1. The average molecular weight is 302 g/mol. The van der Waals surface area contributed by atoms with E-state index in [0.717, 1.165) is 0 Å². The number of hydrogen-bond acceptors (Lipinski definition) is 5. The van der Waals surface area contributed by atoms with Crippen LogP contribution in [0, 0.1) is 17.2 Å². The summed E-state index contributed by atoms with van der Waals surface area (Å²) in [6.07, 6.45) is 0.664. The first kappa shape index (κ1) is 17.4. The summed E-state index contributed by atoms with van der Waals surface area (Å²) in [5.41, 5.74) is -0.337. The van der Waals surface area contributed by atoms with E-state index in [1.54, 1.807) is 6.92 Å². The largest absolute Gasteiger partial charge is 0.452 e. The Bertz CT molecular complexity index is 602. The van der Waals surface area contributed by atoms with Gasteiger partial charge in [0.2, 0.25) is 0 Å². The van der Waals surface area contributed by atoms with Gasteiger partial charge in [-0.25, -0.2) is 4.79 Å². The summed E-state index contributed by atoms with van der Waals surface area (Å²) in [5.74, 6) is -1.31. The number of nitrogens with one attached hydrogen (secondary N) is 1. The molecule has 22 heavy (non-hydrogen) atoms. The monoisotopic (exact) mass is 302 g/mol. The third-order valence-electron chi connectivity index (χ3n) is 3.40. The minimum atomic E-state index is -1.02. The second-order valence-electron chi connectivity index (χ2n) is 5.33. The number of esters is 1. The number of carbonyl (C=O) groups is 3. The van der Waals surface area contributed by atoms with Gasteiger partial charge >= 0.3 is 5.97 Å². The molecule has 0 aliphatic carbocycles. The van der Waals surface area contributed by atoms with E-state index in [1.165, 1.54) is 24.3 Å². The van der Waals surface area contributed by atoms with Gasteiger partial charge in [0.05, 0.1) is 11.6 Å². The average Bonchev–Trinajstić information content (AvgIpc) is 2.52. The van der Waals surface area contributed by atoms with Gasteiger partial charge in [0.15, 0.2) is 6.61 Å². The van der Waals surface area contributed by atoms with E-state index in [1.807, 2.05) is 19.9 Å². The summed E-state index contributed by atoms with van der Waals surface area (Å²) < 4.78 is 4.88. The summed E-state index contributed by atoms with van der Waals surface area (Å²) >= 11 is 0. The van der Waals surface area contributed by atoms with E-state index < -0.39 is 24.0 Å². The molecule has 1 amide bonds. The Kier molecular flexibility index (Phi) is 5.81. The number of amides is 1. The Hall–Kier alpha value is -2.68. The number of ether oxygens (including phenoxy) is 1. The van der Waals surface area contributed by atoms with Crippen molar-refractivity contribution >= 4 is 18.2 Å². The zero-order valence-electron chi connectivity index (χ0n) is 12.8. The molecule has 1 atom stereocenters. The molecule has 1 N–H and O–H groups in total. The van der Waals surface area contributed by atoms with Gasteiger partial charge < -0.3 is 10.1 Å². The third kappa shape index (κ3) is 4.42.